The number of methoxy groups -OCH3 is 1. The van der Waals surface area contributed by atoms with Crippen molar-refractivity contribution >= 4 is 23.4 Å². The van der Waals surface area contributed by atoms with Gasteiger partial charge >= 0.3 is 0 Å². The molecule has 32 heavy (non-hydrogen) atoms. The number of carbonyl (C=O) groups is 3. The van der Waals surface area contributed by atoms with E-state index < -0.39 is 0 Å². The number of likely N-dealkylation sites (N-methyl/N-ethyl adjacent to an activating group) is 1. The van der Waals surface area contributed by atoms with Crippen molar-refractivity contribution in [2.24, 2.45) is 5.92 Å². The van der Waals surface area contributed by atoms with E-state index in [1.54, 1.807) is 37.3 Å². The van der Waals surface area contributed by atoms with Crippen LogP contribution in [-0.4, -0.2) is 73.5 Å². The van der Waals surface area contributed by atoms with Gasteiger partial charge in [0, 0.05) is 57.8 Å². The zero-order chi connectivity index (χ0) is 23.8. The van der Waals surface area contributed by atoms with Crippen LogP contribution in [0.15, 0.2) is 18.2 Å². The summed E-state index contributed by atoms with van der Waals surface area (Å²) in [5, 5.41) is 2.85. The number of anilines is 1. The van der Waals surface area contributed by atoms with E-state index in [9.17, 15) is 14.4 Å². The van der Waals surface area contributed by atoms with Crippen LogP contribution in [-0.2, 0) is 14.3 Å². The molecule has 8 heteroatoms. The highest BCUT2D eigenvalue weighted by Gasteiger charge is 2.29. The highest BCUT2D eigenvalue weighted by atomic mass is 16.5. The lowest BCUT2D eigenvalue weighted by molar-refractivity contribution is -0.135. The number of nitrogens with zero attached hydrogens (tertiary/aromatic N) is 2. The molecule has 0 aliphatic carbocycles. The van der Waals surface area contributed by atoms with E-state index >= 15 is 0 Å². The highest BCUT2D eigenvalue weighted by molar-refractivity contribution is 5.98. The van der Waals surface area contributed by atoms with Crippen LogP contribution in [0.1, 0.15) is 57.3 Å². The van der Waals surface area contributed by atoms with E-state index in [0.29, 0.717) is 42.9 Å². The fourth-order valence-electron chi connectivity index (χ4n) is 3.85. The van der Waals surface area contributed by atoms with Crippen LogP contribution in [0, 0.1) is 5.92 Å². The summed E-state index contributed by atoms with van der Waals surface area (Å²) >= 11 is 0. The van der Waals surface area contributed by atoms with E-state index in [1.807, 2.05) is 32.6 Å². The topological polar surface area (TPSA) is 88.2 Å². The predicted octanol–water partition coefficient (Wildman–Crippen LogP) is 3.17. The smallest absolute Gasteiger partial charge is 0.257 e. The summed E-state index contributed by atoms with van der Waals surface area (Å²) in [6.07, 6.45) is 1.34. The van der Waals surface area contributed by atoms with E-state index in [1.165, 1.54) is 0 Å². The summed E-state index contributed by atoms with van der Waals surface area (Å²) in [6.45, 7) is 8.87. The number of benzene rings is 1. The van der Waals surface area contributed by atoms with Gasteiger partial charge < -0.3 is 24.6 Å². The quantitative estimate of drug-likeness (QED) is 0.749. The van der Waals surface area contributed by atoms with Gasteiger partial charge in [0.1, 0.15) is 12.4 Å². The Morgan fingerprint density at radius 3 is 2.56 bits per heavy atom. The van der Waals surface area contributed by atoms with Crippen molar-refractivity contribution in [3.63, 3.8) is 0 Å². The molecule has 0 saturated carbocycles. The maximum absolute atomic E-state index is 13.2. The molecule has 0 radical (unpaired) electrons. The molecule has 0 unspecified atom stereocenters. The Balaban J connectivity index is 2.42. The third kappa shape index (κ3) is 6.45. The number of hydrogen-bond acceptors (Lipinski definition) is 5. The van der Waals surface area contributed by atoms with Gasteiger partial charge in [-0.05, 0) is 25.5 Å². The number of ether oxygens (including phenoxy) is 2. The first-order valence-corrected chi connectivity index (χ1v) is 11.4. The SMILES string of the molecule is CCCC(=O)Nc1ccc2c(c1)OC[C@@H](C)N(C(=O)CC)C[C@@H](C)[C@@H](OC)CN(C)C2=O. The van der Waals surface area contributed by atoms with Crippen molar-refractivity contribution in [1.82, 2.24) is 9.80 Å². The van der Waals surface area contributed by atoms with E-state index in [4.69, 9.17) is 9.47 Å². The Morgan fingerprint density at radius 2 is 1.94 bits per heavy atom. The van der Waals surface area contributed by atoms with Gasteiger partial charge in [-0.1, -0.05) is 20.8 Å². The molecule has 3 atom stereocenters. The van der Waals surface area contributed by atoms with Gasteiger partial charge in [0.2, 0.25) is 11.8 Å². The Kier molecular flexibility index (Phi) is 9.50. The van der Waals surface area contributed by atoms with Gasteiger partial charge in [0.25, 0.3) is 5.91 Å². The average Bonchev–Trinajstić information content (AvgIpc) is 2.77. The fraction of sp³-hybridized carbons (Fsp3) is 0.625. The molecule has 1 heterocycles. The third-order valence-corrected chi connectivity index (χ3v) is 5.83. The normalized spacial score (nSPS) is 22.3. The minimum Gasteiger partial charge on any atom is -0.491 e. The van der Waals surface area contributed by atoms with Crippen LogP contribution < -0.4 is 10.1 Å². The molecule has 3 amide bonds. The zero-order valence-corrected chi connectivity index (χ0v) is 20.1. The summed E-state index contributed by atoms with van der Waals surface area (Å²) < 4.78 is 11.7. The van der Waals surface area contributed by atoms with Gasteiger partial charge in [0.15, 0.2) is 0 Å². The van der Waals surface area contributed by atoms with E-state index in [2.05, 4.69) is 5.32 Å². The third-order valence-electron chi connectivity index (χ3n) is 5.83. The van der Waals surface area contributed by atoms with Crippen molar-refractivity contribution in [2.75, 3.05) is 39.2 Å². The number of fused-ring (bicyclic) bond motifs is 1. The zero-order valence-electron chi connectivity index (χ0n) is 20.1. The summed E-state index contributed by atoms with van der Waals surface area (Å²) in [4.78, 5) is 41.3. The van der Waals surface area contributed by atoms with Crippen LogP contribution in [0.5, 0.6) is 5.75 Å². The minimum atomic E-state index is -0.222. The second-order valence-electron chi connectivity index (χ2n) is 8.51. The van der Waals surface area contributed by atoms with Crippen LogP contribution in [0.25, 0.3) is 0 Å². The first-order chi connectivity index (χ1) is 15.2. The molecule has 2 rings (SSSR count). The molecule has 1 aromatic rings. The molecule has 1 aliphatic rings. The van der Waals surface area contributed by atoms with Crippen molar-refractivity contribution in [3.8, 4) is 5.75 Å². The van der Waals surface area contributed by atoms with Crippen molar-refractivity contribution in [2.45, 2.75) is 59.1 Å². The Bertz CT molecular complexity index is 813. The van der Waals surface area contributed by atoms with Gasteiger partial charge in [-0.15, -0.1) is 0 Å². The van der Waals surface area contributed by atoms with E-state index in [0.717, 1.165) is 6.42 Å². The number of hydrogen-bond donors (Lipinski definition) is 1. The first kappa shape index (κ1) is 25.6. The molecular weight excluding hydrogens is 410 g/mol. The maximum atomic E-state index is 13.2. The van der Waals surface area contributed by atoms with Crippen LogP contribution in [0.2, 0.25) is 0 Å². The fourth-order valence-corrected chi connectivity index (χ4v) is 3.85. The first-order valence-electron chi connectivity index (χ1n) is 11.4. The molecule has 0 bridgehead atoms. The standard InChI is InChI=1S/C24H37N3O5/c1-7-9-22(28)25-18-10-11-19-20(12-18)32-15-17(4)27(23(29)8-2)13-16(3)21(31-6)14-26(5)24(19)30/h10-12,16-17,21H,7-9,13-15H2,1-6H3,(H,25,28)/t16-,17-,21+/m1/s1. The molecular formula is C24H37N3O5. The van der Waals surface area contributed by atoms with Crippen LogP contribution in [0.4, 0.5) is 5.69 Å². The second-order valence-corrected chi connectivity index (χ2v) is 8.51. The molecule has 0 spiro atoms. The Hall–Kier alpha value is -2.61. The second kappa shape index (κ2) is 11.9. The monoisotopic (exact) mass is 447 g/mol. The lowest BCUT2D eigenvalue weighted by Gasteiger charge is -2.36. The summed E-state index contributed by atoms with van der Waals surface area (Å²) in [6, 6.07) is 4.86. The van der Waals surface area contributed by atoms with Crippen molar-refractivity contribution in [3.05, 3.63) is 23.8 Å². The van der Waals surface area contributed by atoms with Crippen LogP contribution >= 0.6 is 0 Å². The van der Waals surface area contributed by atoms with E-state index in [-0.39, 0.29) is 42.4 Å². The lowest BCUT2D eigenvalue weighted by Crippen LogP contribution is -2.48. The minimum absolute atomic E-state index is 0.0308. The number of amides is 3. The lowest BCUT2D eigenvalue weighted by atomic mass is 10.0. The molecule has 0 fully saturated rings. The maximum Gasteiger partial charge on any atom is 0.257 e. The number of carbonyl (C=O) groups excluding carboxylic acids is 3. The molecule has 178 valence electrons. The number of nitrogens with one attached hydrogen (secondary N) is 1. The van der Waals surface area contributed by atoms with Crippen LogP contribution in [0.3, 0.4) is 0 Å². The number of rotatable bonds is 5. The summed E-state index contributed by atoms with van der Waals surface area (Å²) in [7, 11) is 3.36. The molecule has 0 aromatic heterocycles. The Morgan fingerprint density at radius 1 is 1.22 bits per heavy atom. The van der Waals surface area contributed by atoms with Crippen molar-refractivity contribution in [1.29, 1.82) is 0 Å². The summed E-state index contributed by atoms with van der Waals surface area (Å²) in [5.41, 5.74) is 0.979. The van der Waals surface area contributed by atoms with Gasteiger partial charge in [-0.2, -0.15) is 0 Å². The molecule has 8 nitrogen and oxygen atoms in total. The largest absolute Gasteiger partial charge is 0.491 e. The summed E-state index contributed by atoms with van der Waals surface area (Å²) in [5.74, 6) is 0.187. The van der Waals surface area contributed by atoms with Gasteiger partial charge in [-0.25, -0.2) is 0 Å². The highest BCUT2D eigenvalue weighted by Crippen LogP contribution is 2.27. The molecule has 0 saturated heterocycles. The molecule has 1 aromatic carbocycles. The average molecular weight is 448 g/mol. The molecule has 1 aliphatic heterocycles. The van der Waals surface area contributed by atoms with Gasteiger partial charge in [-0.3, -0.25) is 14.4 Å². The Labute approximate surface area is 191 Å². The predicted molar refractivity (Wildman–Crippen MR) is 124 cm³/mol. The van der Waals surface area contributed by atoms with Gasteiger partial charge in [0.05, 0.1) is 17.7 Å². The molecule has 1 N–H and O–H groups in total. The van der Waals surface area contributed by atoms with Crippen molar-refractivity contribution < 1.29 is 23.9 Å².